The van der Waals surface area contributed by atoms with Crippen molar-refractivity contribution in [2.24, 2.45) is 0 Å². The first kappa shape index (κ1) is 14.4. The molecule has 0 aromatic heterocycles. The second kappa shape index (κ2) is 6.91. The van der Waals surface area contributed by atoms with Crippen molar-refractivity contribution < 1.29 is 14.3 Å². The summed E-state index contributed by atoms with van der Waals surface area (Å²) in [4.78, 5) is 23.0. The fourth-order valence-electron chi connectivity index (χ4n) is 1.36. The van der Waals surface area contributed by atoms with Gasteiger partial charge in [-0.1, -0.05) is 38.0 Å². The Morgan fingerprint density at radius 1 is 1.00 bits per heavy atom. The SMILES string of the molecule is C=C/C=C(\C=C)C(=O)c1ccc(OC(=O)C=C)cc1. The van der Waals surface area contributed by atoms with Crippen molar-refractivity contribution in [1.82, 2.24) is 0 Å². The number of ether oxygens (including phenoxy) is 1. The molecule has 0 fully saturated rings. The summed E-state index contributed by atoms with van der Waals surface area (Å²) in [6.45, 7) is 10.4. The van der Waals surface area contributed by atoms with E-state index in [-0.39, 0.29) is 5.78 Å². The molecule has 0 aliphatic heterocycles. The molecule has 0 spiro atoms. The third-order valence-corrected chi connectivity index (χ3v) is 2.28. The minimum Gasteiger partial charge on any atom is -0.423 e. The second-order valence-corrected chi connectivity index (χ2v) is 3.54. The molecule has 0 unspecified atom stereocenters. The van der Waals surface area contributed by atoms with Crippen molar-refractivity contribution in [1.29, 1.82) is 0 Å². The van der Waals surface area contributed by atoms with Crippen LogP contribution in [0.3, 0.4) is 0 Å². The van der Waals surface area contributed by atoms with Gasteiger partial charge >= 0.3 is 5.97 Å². The van der Waals surface area contributed by atoms with Gasteiger partial charge in [-0.2, -0.15) is 0 Å². The Labute approximate surface area is 112 Å². The lowest BCUT2D eigenvalue weighted by Gasteiger charge is -2.04. The minimum atomic E-state index is -0.544. The van der Waals surface area contributed by atoms with Crippen molar-refractivity contribution in [3.05, 3.63) is 79.4 Å². The van der Waals surface area contributed by atoms with E-state index in [1.165, 1.54) is 12.2 Å². The van der Waals surface area contributed by atoms with Crippen LogP contribution < -0.4 is 4.74 Å². The minimum absolute atomic E-state index is 0.170. The van der Waals surface area contributed by atoms with Gasteiger partial charge in [-0.25, -0.2) is 4.79 Å². The van der Waals surface area contributed by atoms with Gasteiger partial charge in [-0.05, 0) is 24.3 Å². The molecule has 3 heteroatoms. The number of esters is 1. The summed E-state index contributed by atoms with van der Waals surface area (Å²) >= 11 is 0. The molecule has 96 valence electrons. The topological polar surface area (TPSA) is 43.4 Å². The van der Waals surface area contributed by atoms with Crippen LogP contribution in [-0.4, -0.2) is 11.8 Å². The van der Waals surface area contributed by atoms with E-state index in [1.807, 2.05) is 0 Å². The number of carbonyl (C=O) groups is 2. The second-order valence-electron chi connectivity index (χ2n) is 3.54. The Balaban J connectivity index is 2.92. The maximum Gasteiger partial charge on any atom is 0.335 e. The molecular weight excluding hydrogens is 240 g/mol. The van der Waals surface area contributed by atoms with Crippen molar-refractivity contribution in [3.63, 3.8) is 0 Å². The number of rotatable bonds is 6. The zero-order valence-electron chi connectivity index (χ0n) is 10.5. The van der Waals surface area contributed by atoms with Crippen LogP contribution in [0, 0.1) is 0 Å². The van der Waals surface area contributed by atoms with Crippen LogP contribution in [0.4, 0.5) is 0 Å². The maximum atomic E-state index is 12.0. The lowest BCUT2D eigenvalue weighted by Crippen LogP contribution is -2.04. The first-order valence-electron chi connectivity index (χ1n) is 5.56. The van der Waals surface area contributed by atoms with E-state index in [0.29, 0.717) is 16.9 Å². The van der Waals surface area contributed by atoms with Gasteiger partial charge in [0.15, 0.2) is 5.78 Å². The Morgan fingerprint density at radius 3 is 2.11 bits per heavy atom. The van der Waals surface area contributed by atoms with E-state index >= 15 is 0 Å². The summed E-state index contributed by atoms with van der Waals surface area (Å²) < 4.78 is 4.91. The van der Waals surface area contributed by atoms with Gasteiger partial charge in [-0.15, -0.1) is 0 Å². The monoisotopic (exact) mass is 254 g/mol. The predicted molar refractivity (Wildman–Crippen MR) is 75.1 cm³/mol. The van der Waals surface area contributed by atoms with E-state index < -0.39 is 5.97 Å². The molecule has 0 saturated heterocycles. The number of Topliss-reactive ketones (excluding diaryl/α,β-unsaturated/α-hetero) is 1. The molecule has 0 saturated carbocycles. The first-order valence-corrected chi connectivity index (χ1v) is 5.56. The third kappa shape index (κ3) is 3.92. The highest BCUT2D eigenvalue weighted by molar-refractivity contribution is 6.10. The molecule has 0 heterocycles. The molecule has 0 bridgehead atoms. The van der Waals surface area contributed by atoms with Crippen LogP contribution in [0.15, 0.2) is 73.9 Å². The van der Waals surface area contributed by atoms with E-state index in [0.717, 1.165) is 6.08 Å². The van der Waals surface area contributed by atoms with E-state index in [9.17, 15) is 9.59 Å². The van der Waals surface area contributed by atoms with Gasteiger partial charge in [0.05, 0.1) is 0 Å². The Bertz CT molecular complexity index is 548. The fraction of sp³-hybridized carbons (Fsp3) is 0. The first-order chi connectivity index (χ1) is 9.12. The smallest absolute Gasteiger partial charge is 0.335 e. The van der Waals surface area contributed by atoms with E-state index in [2.05, 4.69) is 19.7 Å². The highest BCUT2D eigenvalue weighted by atomic mass is 16.5. The highest BCUT2D eigenvalue weighted by Gasteiger charge is 2.09. The van der Waals surface area contributed by atoms with E-state index in [1.54, 1.807) is 30.3 Å². The van der Waals surface area contributed by atoms with Gasteiger partial charge in [0, 0.05) is 17.2 Å². The largest absolute Gasteiger partial charge is 0.423 e. The third-order valence-electron chi connectivity index (χ3n) is 2.28. The van der Waals surface area contributed by atoms with Gasteiger partial charge in [0.1, 0.15) is 5.75 Å². The summed E-state index contributed by atoms with van der Waals surface area (Å²) in [6, 6.07) is 6.25. The normalized spacial score (nSPS) is 10.4. The Morgan fingerprint density at radius 2 is 1.63 bits per heavy atom. The predicted octanol–water partition coefficient (Wildman–Crippen LogP) is 3.26. The summed E-state index contributed by atoms with van der Waals surface area (Å²) in [5.41, 5.74) is 0.928. The molecule has 1 rings (SSSR count). The molecule has 0 atom stereocenters. The number of hydrogen-bond acceptors (Lipinski definition) is 3. The number of ketones is 1. The van der Waals surface area contributed by atoms with Gasteiger partial charge in [-0.3, -0.25) is 4.79 Å². The van der Waals surface area contributed by atoms with Crippen molar-refractivity contribution in [3.8, 4) is 5.75 Å². The summed E-state index contributed by atoms with van der Waals surface area (Å²) in [6.07, 6.45) is 5.65. The molecule has 1 aromatic carbocycles. The lowest BCUT2D eigenvalue weighted by atomic mass is 10.0. The summed E-state index contributed by atoms with van der Waals surface area (Å²) in [5.74, 6) is -0.358. The van der Waals surface area contributed by atoms with Crippen LogP contribution in [0.1, 0.15) is 10.4 Å². The molecule has 0 aliphatic rings. The molecule has 3 nitrogen and oxygen atoms in total. The standard InChI is InChI=1S/C16H14O3/c1-4-7-12(5-2)16(18)13-8-10-14(11-9-13)19-15(17)6-3/h4-11H,1-3H2/b12-7+. The van der Waals surface area contributed by atoms with Crippen LogP contribution in [-0.2, 0) is 4.79 Å². The number of allylic oxidation sites excluding steroid dienone is 4. The van der Waals surface area contributed by atoms with Crippen LogP contribution in [0.25, 0.3) is 0 Å². The Kier molecular flexibility index (Phi) is 5.23. The molecule has 0 amide bonds. The lowest BCUT2D eigenvalue weighted by molar-refractivity contribution is -0.128. The zero-order chi connectivity index (χ0) is 14.3. The van der Waals surface area contributed by atoms with Gasteiger partial charge < -0.3 is 4.74 Å². The van der Waals surface area contributed by atoms with Gasteiger partial charge in [0.2, 0.25) is 0 Å². The fourth-order valence-corrected chi connectivity index (χ4v) is 1.36. The number of carbonyl (C=O) groups excluding carboxylic acids is 2. The summed E-state index contributed by atoms with van der Waals surface area (Å²) in [5, 5.41) is 0. The van der Waals surface area contributed by atoms with Gasteiger partial charge in [0.25, 0.3) is 0 Å². The molecular formula is C16H14O3. The molecule has 1 aromatic rings. The number of benzene rings is 1. The van der Waals surface area contributed by atoms with Crippen molar-refractivity contribution >= 4 is 11.8 Å². The molecule has 19 heavy (non-hydrogen) atoms. The maximum absolute atomic E-state index is 12.0. The van der Waals surface area contributed by atoms with Crippen LogP contribution >= 0.6 is 0 Å². The van der Waals surface area contributed by atoms with Crippen molar-refractivity contribution in [2.75, 3.05) is 0 Å². The van der Waals surface area contributed by atoms with Crippen LogP contribution in [0.2, 0.25) is 0 Å². The average molecular weight is 254 g/mol. The molecule has 0 aliphatic carbocycles. The van der Waals surface area contributed by atoms with Crippen molar-refractivity contribution in [2.45, 2.75) is 0 Å². The summed E-state index contributed by atoms with van der Waals surface area (Å²) in [7, 11) is 0. The highest BCUT2D eigenvalue weighted by Crippen LogP contribution is 2.16. The Hall–Kier alpha value is -2.68. The zero-order valence-corrected chi connectivity index (χ0v) is 10.5. The average Bonchev–Trinajstić information content (AvgIpc) is 2.44. The molecule has 0 N–H and O–H groups in total. The molecule has 0 radical (unpaired) electrons. The quantitative estimate of drug-likeness (QED) is 0.257. The van der Waals surface area contributed by atoms with E-state index in [4.69, 9.17) is 4.74 Å². The van der Waals surface area contributed by atoms with Crippen LogP contribution in [0.5, 0.6) is 5.75 Å². The number of hydrogen-bond donors (Lipinski definition) is 0.